The molecule has 0 fully saturated rings. The van der Waals surface area contributed by atoms with Crippen molar-refractivity contribution in [2.45, 2.75) is 33.2 Å². The predicted molar refractivity (Wildman–Crippen MR) is 55.8 cm³/mol. The van der Waals surface area contributed by atoms with Crippen molar-refractivity contribution in [3.05, 3.63) is 29.6 Å². The van der Waals surface area contributed by atoms with E-state index >= 15 is 0 Å². The fourth-order valence-electron chi connectivity index (χ4n) is 1.22. The topological polar surface area (TPSA) is 42.0 Å². The van der Waals surface area contributed by atoms with Crippen molar-refractivity contribution < 1.29 is 4.79 Å². The Bertz CT molecular complexity index is 323. The van der Waals surface area contributed by atoms with E-state index in [1.165, 1.54) is 0 Å². The van der Waals surface area contributed by atoms with Crippen LogP contribution in [0.15, 0.2) is 18.2 Å². The Morgan fingerprint density at radius 3 is 2.86 bits per heavy atom. The quantitative estimate of drug-likeness (QED) is 0.795. The van der Waals surface area contributed by atoms with E-state index in [9.17, 15) is 4.79 Å². The Morgan fingerprint density at radius 2 is 2.29 bits per heavy atom. The van der Waals surface area contributed by atoms with Gasteiger partial charge in [0.2, 0.25) is 5.91 Å². The Morgan fingerprint density at radius 1 is 1.57 bits per heavy atom. The highest BCUT2D eigenvalue weighted by atomic mass is 16.1. The fraction of sp³-hybridized carbons (Fsp3) is 0.455. The molecule has 1 unspecified atom stereocenters. The number of pyridine rings is 1. The van der Waals surface area contributed by atoms with E-state index in [-0.39, 0.29) is 11.9 Å². The molecular formula is C11H16N2O. The summed E-state index contributed by atoms with van der Waals surface area (Å²) >= 11 is 0. The number of carbonyl (C=O) groups excluding carboxylic acids is 1. The highest BCUT2D eigenvalue weighted by molar-refractivity contribution is 5.75. The lowest BCUT2D eigenvalue weighted by atomic mass is 10.2. The first-order valence-corrected chi connectivity index (χ1v) is 4.86. The first-order chi connectivity index (χ1) is 6.63. The molecular weight excluding hydrogens is 176 g/mol. The van der Waals surface area contributed by atoms with Gasteiger partial charge in [0.1, 0.15) is 0 Å². The van der Waals surface area contributed by atoms with Crippen LogP contribution in [-0.2, 0) is 4.79 Å². The number of carbonyl (C=O) groups is 1. The summed E-state index contributed by atoms with van der Waals surface area (Å²) in [4.78, 5) is 15.5. The summed E-state index contributed by atoms with van der Waals surface area (Å²) in [5.41, 5.74) is 1.88. The molecule has 0 aliphatic rings. The Balaban J connectivity index is 2.69. The van der Waals surface area contributed by atoms with Crippen molar-refractivity contribution >= 4 is 5.91 Å². The third kappa shape index (κ3) is 2.83. The zero-order chi connectivity index (χ0) is 10.6. The van der Waals surface area contributed by atoms with E-state index in [1.807, 2.05) is 39.0 Å². The number of hydrogen-bond donors (Lipinski definition) is 1. The second-order valence-electron chi connectivity index (χ2n) is 3.35. The van der Waals surface area contributed by atoms with Crippen LogP contribution >= 0.6 is 0 Å². The summed E-state index contributed by atoms with van der Waals surface area (Å²) in [6, 6.07) is 5.81. The molecule has 1 N–H and O–H groups in total. The standard InChI is InChI=1S/C11H16N2O/c1-4-11(14)13-9(3)10-7-5-6-8(2)12-10/h5-7,9H,4H2,1-3H3,(H,13,14). The molecule has 1 heterocycles. The van der Waals surface area contributed by atoms with Crippen LogP contribution in [0.1, 0.15) is 37.7 Å². The van der Waals surface area contributed by atoms with Gasteiger partial charge in [0.15, 0.2) is 0 Å². The summed E-state index contributed by atoms with van der Waals surface area (Å²) < 4.78 is 0. The lowest BCUT2D eigenvalue weighted by molar-refractivity contribution is -0.121. The van der Waals surface area contributed by atoms with Crippen molar-refractivity contribution in [3.8, 4) is 0 Å². The van der Waals surface area contributed by atoms with Crippen LogP contribution in [0.2, 0.25) is 0 Å². The lowest BCUT2D eigenvalue weighted by Crippen LogP contribution is -2.26. The Labute approximate surface area is 84.6 Å². The molecule has 0 saturated carbocycles. The molecule has 0 aliphatic heterocycles. The largest absolute Gasteiger partial charge is 0.348 e. The molecule has 1 atom stereocenters. The van der Waals surface area contributed by atoms with E-state index < -0.39 is 0 Å². The van der Waals surface area contributed by atoms with Crippen LogP contribution in [0.3, 0.4) is 0 Å². The van der Waals surface area contributed by atoms with Crippen LogP contribution in [-0.4, -0.2) is 10.9 Å². The minimum atomic E-state index is -0.0117. The average Bonchev–Trinajstić information content (AvgIpc) is 2.17. The molecule has 0 aliphatic carbocycles. The second kappa shape index (κ2) is 4.74. The third-order valence-corrected chi connectivity index (χ3v) is 2.05. The number of amides is 1. The van der Waals surface area contributed by atoms with Crippen LogP contribution < -0.4 is 5.32 Å². The van der Waals surface area contributed by atoms with Gasteiger partial charge >= 0.3 is 0 Å². The molecule has 0 aromatic carbocycles. The minimum absolute atomic E-state index is 0.0117. The van der Waals surface area contributed by atoms with Gasteiger partial charge in [-0.15, -0.1) is 0 Å². The molecule has 1 aromatic rings. The first kappa shape index (κ1) is 10.7. The molecule has 1 amide bonds. The predicted octanol–water partition coefficient (Wildman–Crippen LogP) is 1.98. The minimum Gasteiger partial charge on any atom is -0.348 e. The van der Waals surface area contributed by atoms with Gasteiger partial charge in [-0.3, -0.25) is 9.78 Å². The number of rotatable bonds is 3. The van der Waals surface area contributed by atoms with Crippen molar-refractivity contribution in [3.63, 3.8) is 0 Å². The molecule has 0 saturated heterocycles. The van der Waals surface area contributed by atoms with Crippen LogP contribution in [0.5, 0.6) is 0 Å². The molecule has 0 radical (unpaired) electrons. The normalized spacial score (nSPS) is 12.2. The molecule has 0 bridgehead atoms. The molecule has 0 spiro atoms. The van der Waals surface area contributed by atoms with Crippen molar-refractivity contribution in [2.75, 3.05) is 0 Å². The van der Waals surface area contributed by atoms with Crippen molar-refractivity contribution in [1.29, 1.82) is 0 Å². The SMILES string of the molecule is CCC(=O)NC(C)c1cccc(C)n1. The molecule has 14 heavy (non-hydrogen) atoms. The summed E-state index contributed by atoms with van der Waals surface area (Å²) in [5.74, 6) is 0.0563. The van der Waals surface area contributed by atoms with Gasteiger partial charge < -0.3 is 5.32 Å². The van der Waals surface area contributed by atoms with Crippen molar-refractivity contribution in [1.82, 2.24) is 10.3 Å². The average molecular weight is 192 g/mol. The van der Waals surface area contributed by atoms with Gasteiger partial charge in [0.25, 0.3) is 0 Å². The van der Waals surface area contributed by atoms with Gasteiger partial charge in [-0.25, -0.2) is 0 Å². The zero-order valence-corrected chi connectivity index (χ0v) is 8.87. The number of aryl methyl sites for hydroxylation is 1. The lowest BCUT2D eigenvalue weighted by Gasteiger charge is -2.12. The van der Waals surface area contributed by atoms with E-state index in [0.717, 1.165) is 11.4 Å². The fourth-order valence-corrected chi connectivity index (χ4v) is 1.22. The summed E-state index contributed by atoms with van der Waals surface area (Å²) in [5, 5.41) is 2.87. The maximum atomic E-state index is 11.1. The smallest absolute Gasteiger partial charge is 0.220 e. The third-order valence-electron chi connectivity index (χ3n) is 2.05. The maximum absolute atomic E-state index is 11.1. The number of hydrogen-bond acceptors (Lipinski definition) is 2. The molecule has 1 aromatic heterocycles. The van der Waals surface area contributed by atoms with Crippen LogP contribution in [0.4, 0.5) is 0 Å². The number of nitrogens with one attached hydrogen (secondary N) is 1. The Kier molecular flexibility index (Phi) is 3.63. The molecule has 1 rings (SSSR count). The number of aromatic nitrogens is 1. The summed E-state index contributed by atoms with van der Waals surface area (Å²) in [6.07, 6.45) is 0.510. The van der Waals surface area contributed by atoms with E-state index in [2.05, 4.69) is 10.3 Å². The summed E-state index contributed by atoms with van der Waals surface area (Å²) in [6.45, 7) is 5.72. The molecule has 76 valence electrons. The van der Waals surface area contributed by atoms with Crippen LogP contribution in [0, 0.1) is 6.92 Å². The van der Waals surface area contributed by atoms with Gasteiger partial charge in [-0.05, 0) is 26.0 Å². The Hall–Kier alpha value is -1.38. The van der Waals surface area contributed by atoms with E-state index in [4.69, 9.17) is 0 Å². The molecule has 3 nitrogen and oxygen atoms in total. The van der Waals surface area contributed by atoms with Gasteiger partial charge in [0.05, 0.1) is 11.7 Å². The van der Waals surface area contributed by atoms with Crippen molar-refractivity contribution in [2.24, 2.45) is 0 Å². The second-order valence-corrected chi connectivity index (χ2v) is 3.35. The molecule has 3 heteroatoms. The first-order valence-electron chi connectivity index (χ1n) is 4.86. The van der Waals surface area contributed by atoms with Gasteiger partial charge in [-0.2, -0.15) is 0 Å². The van der Waals surface area contributed by atoms with Gasteiger partial charge in [0, 0.05) is 12.1 Å². The maximum Gasteiger partial charge on any atom is 0.220 e. The number of nitrogens with zero attached hydrogens (tertiary/aromatic N) is 1. The monoisotopic (exact) mass is 192 g/mol. The van der Waals surface area contributed by atoms with Crippen LogP contribution in [0.25, 0.3) is 0 Å². The summed E-state index contributed by atoms with van der Waals surface area (Å²) in [7, 11) is 0. The zero-order valence-electron chi connectivity index (χ0n) is 8.87. The highest BCUT2D eigenvalue weighted by Gasteiger charge is 2.08. The highest BCUT2D eigenvalue weighted by Crippen LogP contribution is 2.09. The van der Waals surface area contributed by atoms with E-state index in [1.54, 1.807) is 0 Å². The van der Waals surface area contributed by atoms with Gasteiger partial charge in [-0.1, -0.05) is 13.0 Å². The van der Waals surface area contributed by atoms with E-state index in [0.29, 0.717) is 6.42 Å².